The molecule has 1 rings (SSSR count). The molecular formula is C14H21ClF2N2O2. The molecule has 0 saturated carbocycles. The Hall–Kier alpha value is -1.40. The van der Waals surface area contributed by atoms with Crippen LogP contribution in [0.2, 0.25) is 0 Å². The molecule has 0 heterocycles. The van der Waals surface area contributed by atoms with Crippen molar-refractivity contribution < 1.29 is 18.3 Å². The van der Waals surface area contributed by atoms with Crippen molar-refractivity contribution in [3.63, 3.8) is 0 Å². The standard InChI is InChI=1S/C14H20F2N2O2.ClH/c1-9(17)3-8-13(19)18-10(2)11-4-6-12(7-5-11)20-14(15)16;/h4-7,9-10,14H,3,8,17H2,1-2H3,(H,18,19);1H. The van der Waals surface area contributed by atoms with Gasteiger partial charge in [-0.05, 0) is 38.0 Å². The molecule has 0 aliphatic rings. The zero-order valence-electron chi connectivity index (χ0n) is 12.0. The highest BCUT2D eigenvalue weighted by Gasteiger charge is 2.11. The molecule has 0 aromatic heterocycles. The molecule has 21 heavy (non-hydrogen) atoms. The molecule has 120 valence electrons. The lowest BCUT2D eigenvalue weighted by molar-refractivity contribution is -0.121. The first-order valence-corrected chi connectivity index (χ1v) is 6.48. The summed E-state index contributed by atoms with van der Waals surface area (Å²) in [6.07, 6.45) is 0.994. The summed E-state index contributed by atoms with van der Waals surface area (Å²) in [5.41, 5.74) is 6.40. The zero-order chi connectivity index (χ0) is 15.1. The summed E-state index contributed by atoms with van der Waals surface area (Å²) >= 11 is 0. The maximum absolute atomic E-state index is 12.0. The van der Waals surface area contributed by atoms with Crippen LogP contribution in [0.5, 0.6) is 5.75 Å². The number of carbonyl (C=O) groups excluding carboxylic acids is 1. The van der Waals surface area contributed by atoms with Crippen LogP contribution in [0.15, 0.2) is 24.3 Å². The molecule has 0 spiro atoms. The Balaban J connectivity index is 0.00000400. The van der Waals surface area contributed by atoms with Gasteiger partial charge >= 0.3 is 6.61 Å². The predicted molar refractivity (Wildman–Crippen MR) is 79.8 cm³/mol. The quantitative estimate of drug-likeness (QED) is 0.811. The number of alkyl halides is 2. The van der Waals surface area contributed by atoms with Crippen molar-refractivity contribution in [3.8, 4) is 5.75 Å². The third-order valence-corrected chi connectivity index (χ3v) is 2.81. The van der Waals surface area contributed by atoms with Gasteiger partial charge in [0.2, 0.25) is 5.91 Å². The van der Waals surface area contributed by atoms with Crippen molar-refractivity contribution in [1.29, 1.82) is 0 Å². The van der Waals surface area contributed by atoms with Crippen molar-refractivity contribution in [2.24, 2.45) is 5.73 Å². The molecular weight excluding hydrogens is 302 g/mol. The summed E-state index contributed by atoms with van der Waals surface area (Å²) in [5.74, 6) is 0.0157. The molecule has 0 bridgehead atoms. The molecule has 0 radical (unpaired) electrons. The van der Waals surface area contributed by atoms with E-state index in [1.807, 2.05) is 13.8 Å². The lowest BCUT2D eigenvalue weighted by Crippen LogP contribution is -2.28. The van der Waals surface area contributed by atoms with Gasteiger partial charge in [-0.15, -0.1) is 12.4 Å². The number of ether oxygens (including phenoxy) is 1. The Kier molecular flexibility index (Phi) is 8.89. The number of hydrogen-bond donors (Lipinski definition) is 2. The average Bonchev–Trinajstić information content (AvgIpc) is 2.36. The fraction of sp³-hybridized carbons (Fsp3) is 0.500. The Morgan fingerprint density at radius 1 is 1.29 bits per heavy atom. The number of amides is 1. The second kappa shape index (κ2) is 9.52. The minimum absolute atomic E-state index is 0. The number of hydrogen-bond acceptors (Lipinski definition) is 3. The van der Waals surface area contributed by atoms with Gasteiger partial charge in [0.1, 0.15) is 5.75 Å². The minimum atomic E-state index is -2.84. The first kappa shape index (κ1) is 19.6. The van der Waals surface area contributed by atoms with E-state index in [4.69, 9.17) is 5.73 Å². The minimum Gasteiger partial charge on any atom is -0.435 e. The van der Waals surface area contributed by atoms with Gasteiger partial charge in [0.15, 0.2) is 0 Å². The van der Waals surface area contributed by atoms with Gasteiger partial charge in [0.05, 0.1) is 6.04 Å². The molecule has 0 saturated heterocycles. The van der Waals surface area contributed by atoms with Crippen LogP contribution < -0.4 is 15.8 Å². The van der Waals surface area contributed by atoms with Crippen LogP contribution in [0.1, 0.15) is 38.3 Å². The highest BCUT2D eigenvalue weighted by molar-refractivity contribution is 5.85. The van der Waals surface area contributed by atoms with Crippen molar-refractivity contribution >= 4 is 18.3 Å². The van der Waals surface area contributed by atoms with E-state index in [-0.39, 0.29) is 36.1 Å². The normalized spacial score (nSPS) is 13.2. The third-order valence-electron chi connectivity index (χ3n) is 2.81. The summed E-state index contributed by atoms with van der Waals surface area (Å²) in [6, 6.07) is 5.98. The van der Waals surface area contributed by atoms with Gasteiger partial charge in [-0.1, -0.05) is 12.1 Å². The number of nitrogens with two attached hydrogens (primary N) is 1. The lowest BCUT2D eigenvalue weighted by Gasteiger charge is -2.15. The summed E-state index contributed by atoms with van der Waals surface area (Å²) in [6.45, 7) is 0.835. The largest absolute Gasteiger partial charge is 0.435 e. The van der Waals surface area contributed by atoms with Gasteiger partial charge in [-0.3, -0.25) is 4.79 Å². The molecule has 4 nitrogen and oxygen atoms in total. The van der Waals surface area contributed by atoms with E-state index in [2.05, 4.69) is 10.1 Å². The van der Waals surface area contributed by atoms with Crippen LogP contribution in [0.4, 0.5) is 8.78 Å². The molecule has 0 aliphatic carbocycles. The van der Waals surface area contributed by atoms with Gasteiger partial charge in [-0.25, -0.2) is 0 Å². The molecule has 0 fully saturated rings. The summed E-state index contributed by atoms with van der Waals surface area (Å²) < 4.78 is 28.3. The molecule has 3 N–H and O–H groups in total. The Morgan fingerprint density at radius 3 is 2.33 bits per heavy atom. The monoisotopic (exact) mass is 322 g/mol. The number of rotatable bonds is 7. The van der Waals surface area contributed by atoms with Crippen LogP contribution in [0.3, 0.4) is 0 Å². The van der Waals surface area contributed by atoms with E-state index in [0.29, 0.717) is 12.8 Å². The third kappa shape index (κ3) is 7.82. The van der Waals surface area contributed by atoms with Crippen LogP contribution in [-0.2, 0) is 4.79 Å². The number of nitrogens with one attached hydrogen (secondary N) is 1. The zero-order valence-corrected chi connectivity index (χ0v) is 12.8. The second-order valence-electron chi connectivity index (χ2n) is 4.75. The maximum Gasteiger partial charge on any atom is 0.387 e. The highest BCUT2D eigenvalue weighted by atomic mass is 35.5. The smallest absolute Gasteiger partial charge is 0.387 e. The topological polar surface area (TPSA) is 64.4 Å². The van der Waals surface area contributed by atoms with E-state index in [0.717, 1.165) is 5.56 Å². The summed E-state index contributed by atoms with van der Waals surface area (Å²) in [7, 11) is 0. The molecule has 2 atom stereocenters. The second-order valence-corrected chi connectivity index (χ2v) is 4.75. The van der Waals surface area contributed by atoms with Crippen molar-refractivity contribution in [1.82, 2.24) is 5.32 Å². The molecule has 1 aromatic carbocycles. The molecule has 7 heteroatoms. The predicted octanol–water partition coefficient (Wildman–Crippen LogP) is 3.01. The van der Waals surface area contributed by atoms with Crippen LogP contribution in [0.25, 0.3) is 0 Å². The Bertz CT molecular complexity index is 427. The SMILES string of the molecule is CC(N)CCC(=O)NC(C)c1ccc(OC(F)F)cc1.Cl. The average molecular weight is 323 g/mol. The Morgan fingerprint density at radius 2 is 1.86 bits per heavy atom. The summed E-state index contributed by atoms with van der Waals surface area (Å²) in [4.78, 5) is 11.7. The molecule has 1 amide bonds. The van der Waals surface area contributed by atoms with Gasteiger partial charge in [-0.2, -0.15) is 8.78 Å². The van der Waals surface area contributed by atoms with E-state index in [9.17, 15) is 13.6 Å². The van der Waals surface area contributed by atoms with E-state index in [1.165, 1.54) is 12.1 Å². The number of benzene rings is 1. The van der Waals surface area contributed by atoms with Crippen LogP contribution >= 0.6 is 12.4 Å². The highest BCUT2D eigenvalue weighted by Crippen LogP contribution is 2.19. The maximum atomic E-state index is 12.0. The first-order chi connectivity index (χ1) is 9.38. The van der Waals surface area contributed by atoms with E-state index < -0.39 is 6.61 Å². The van der Waals surface area contributed by atoms with Gasteiger partial charge in [0.25, 0.3) is 0 Å². The summed E-state index contributed by atoms with van der Waals surface area (Å²) in [5, 5.41) is 2.83. The fourth-order valence-corrected chi connectivity index (χ4v) is 1.69. The van der Waals surface area contributed by atoms with Crippen LogP contribution in [0, 0.1) is 0 Å². The van der Waals surface area contributed by atoms with Crippen molar-refractivity contribution in [2.45, 2.75) is 45.4 Å². The van der Waals surface area contributed by atoms with Gasteiger partial charge < -0.3 is 15.8 Å². The van der Waals surface area contributed by atoms with Crippen LogP contribution in [-0.4, -0.2) is 18.6 Å². The van der Waals surface area contributed by atoms with E-state index in [1.54, 1.807) is 12.1 Å². The lowest BCUT2D eigenvalue weighted by atomic mass is 10.1. The molecule has 1 aromatic rings. The Labute approximate surface area is 129 Å². The number of carbonyl (C=O) groups is 1. The molecule has 2 unspecified atom stereocenters. The number of halogens is 3. The fourth-order valence-electron chi connectivity index (χ4n) is 1.69. The van der Waals surface area contributed by atoms with Crippen molar-refractivity contribution in [3.05, 3.63) is 29.8 Å². The van der Waals surface area contributed by atoms with Crippen molar-refractivity contribution in [2.75, 3.05) is 0 Å². The first-order valence-electron chi connectivity index (χ1n) is 6.48. The van der Waals surface area contributed by atoms with Gasteiger partial charge in [0, 0.05) is 12.5 Å². The van der Waals surface area contributed by atoms with E-state index >= 15 is 0 Å². The molecule has 0 aliphatic heterocycles.